The molecule has 0 spiro atoms. The number of nitrogens with one attached hydrogen (secondary N) is 1. The molecule has 0 atom stereocenters. The van der Waals surface area contributed by atoms with E-state index in [1.165, 1.54) is 10.4 Å². The summed E-state index contributed by atoms with van der Waals surface area (Å²) in [6.45, 7) is 6.72. The van der Waals surface area contributed by atoms with Gasteiger partial charge in [0.25, 0.3) is 0 Å². The maximum Gasteiger partial charge on any atom is 0.243 e. The van der Waals surface area contributed by atoms with Crippen molar-refractivity contribution < 1.29 is 13.2 Å². The van der Waals surface area contributed by atoms with E-state index in [4.69, 9.17) is 0 Å². The maximum atomic E-state index is 12.7. The van der Waals surface area contributed by atoms with Gasteiger partial charge in [0.05, 0.1) is 17.0 Å². The summed E-state index contributed by atoms with van der Waals surface area (Å²) in [5.41, 5.74) is 2.99. The van der Waals surface area contributed by atoms with E-state index >= 15 is 0 Å². The number of anilines is 1. The van der Waals surface area contributed by atoms with Crippen molar-refractivity contribution in [1.29, 1.82) is 0 Å². The number of aryl methyl sites for hydroxylation is 2. The molecular weight excluding hydrogens is 390 g/mol. The molecular formula is C20H25N5O3S. The van der Waals surface area contributed by atoms with Crippen LogP contribution in [0.2, 0.25) is 0 Å². The lowest BCUT2D eigenvalue weighted by atomic mass is 10.2. The first-order valence-electron chi connectivity index (χ1n) is 9.55. The molecule has 0 saturated heterocycles. The lowest BCUT2D eigenvalue weighted by molar-refractivity contribution is -0.116. The van der Waals surface area contributed by atoms with Gasteiger partial charge in [0.15, 0.2) is 0 Å². The third-order valence-electron chi connectivity index (χ3n) is 4.68. The summed E-state index contributed by atoms with van der Waals surface area (Å²) in [4.78, 5) is 12.4. The van der Waals surface area contributed by atoms with Gasteiger partial charge in [-0.3, -0.25) is 4.79 Å². The average Bonchev–Trinajstić information content (AvgIpc) is 3.09. The Balaban J connectivity index is 1.72. The summed E-state index contributed by atoms with van der Waals surface area (Å²) in [5.74, 6) is -0.125. The second-order valence-electron chi connectivity index (χ2n) is 6.72. The maximum absolute atomic E-state index is 12.7. The van der Waals surface area contributed by atoms with E-state index in [1.807, 2.05) is 31.2 Å². The Morgan fingerprint density at radius 1 is 1.14 bits per heavy atom. The number of carbonyl (C=O) groups excluding carboxylic acids is 1. The predicted octanol–water partition coefficient (Wildman–Crippen LogP) is 2.80. The Morgan fingerprint density at radius 2 is 1.90 bits per heavy atom. The van der Waals surface area contributed by atoms with Crippen molar-refractivity contribution in [2.24, 2.45) is 0 Å². The van der Waals surface area contributed by atoms with Crippen molar-refractivity contribution in [2.75, 3.05) is 18.4 Å². The molecule has 1 amide bonds. The molecule has 0 fully saturated rings. The van der Waals surface area contributed by atoms with Crippen LogP contribution in [0, 0.1) is 6.92 Å². The van der Waals surface area contributed by atoms with Crippen LogP contribution in [0.4, 0.5) is 5.69 Å². The fourth-order valence-electron chi connectivity index (χ4n) is 3.14. The molecule has 0 aliphatic carbocycles. The summed E-state index contributed by atoms with van der Waals surface area (Å²) in [6, 6.07) is 12.4. The zero-order chi connectivity index (χ0) is 21.0. The van der Waals surface area contributed by atoms with Crippen LogP contribution >= 0.6 is 0 Å². The normalized spacial score (nSPS) is 11.9. The smallest absolute Gasteiger partial charge is 0.243 e. The highest BCUT2D eigenvalue weighted by Gasteiger charge is 2.22. The van der Waals surface area contributed by atoms with Gasteiger partial charge in [-0.1, -0.05) is 31.2 Å². The highest BCUT2D eigenvalue weighted by Crippen LogP contribution is 2.21. The van der Waals surface area contributed by atoms with E-state index in [0.29, 0.717) is 30.7 Å². The molecule has 1 N–H and O–H groups in total. The average molecular weight is 416 g/mol. The van der Waals surface area contributed by atoms with Crippen LogP contribution in [0.25, 0.3) is 11.0 Å². The number of carbonyl (C=O) groups is 1. The Morgan fingerprint density at radius 3 is 2.59 bits per heavy atom. The number of hydrogen-bond acceptors (Lipinski definition) is 5. The van der Waals surface area contributed by atoms with Crippen molar-refractivity contribution in [3.05, 3.63) is 48.0 Å². The van der Waals surface area contributed by atoms with Crippen molar-refractivity contribution in [3.8, 4) is 0 Å². The first-order chi connectivity index (χ1) is 13.8. The van der Waals surface area contributed by atoms with Gasteiger partial charge in [-0.05, 0) is 42.8 Å². The van der Waals surface area contributed by atoms with E-state index in [9.17, 15) is 13.2 Å². The van der Waals surface area contributed by atoms with Gasteiger partial charge in [0.1, 0.15) is 5.52 Å². The number of rotatable bonds is 8. The minimum absolute atomic E-state index is 0.125. The molecule has 0 radical (unpaired) electrons. The van der Waals surface area contributed by atoms with Gasteiger partial charge in [-0.2, -0.15) is 4.31 Å². The van der Waals surface area contributed by atoms with Crippen LogP contribution in [0.5, 0.6) is 0 Å². The van der Waals surface area contributed by atoms with Gasteiger partial charge >= 0.3 is 0 Å². The van der Waals surface area contributed by atoms with E-state index < -0.39 is 10.0 Å². The van der Waals surface area contributed by atoms with Crippen molar-refractivity contribution in [3.63, 3.8) is 0 Å². The second-order valence-corrected chi connectivity index (χ2v) is 8.66. The Kier molecular flexibility index (Phi) is 6.29. The van der Waals surface area contributed by atoms with Gasteiger partial charge in [-0.15, -0.1) is 5.10 Å². The summed E-state index contributed by atoms with van der Waals surface area (Å²) < 4.78 is 28.4. The molecule has 2 aromatic carbocycles. The quantitative estimate of drug-likeness (QED) is 0.610. The highest BCUT2D eigenvalue weighted by atomic mass is 32.2. The predicted molar refractivity (Wildman–Crippen MR) is 112 cm³/mol. The van der Waals surface area contributed by atoms with Gasteiger partial charge in [0, 0.05) is 25.2 Å². The number of nitrogens with zero attached hydrogens (tertiary/aromatic N) is 4. The monoisotopic (exact) mass is 415 g/mol. The highest BCUT2D eigenvalue weighted by molar-refractivity contribution is 7.89. The number of aromatic nitrogens is 3. The Hall–Kier alpha value is -2.78. The largest absolute Gasteiger partial charge is 0.326 e. The topological polar surface area (TPSA) is 97.2 Å². The van der Waals surface area contributed by atoms with Crippen LogP contribution in [0.15, 0.2) is 47.4 Å². The number of hydrogen-bond donors (Lipinski definition) is 1. The van der Waals surface area contributed by atoms with Crippen molar-refractivity contribution in [1.82, 2.24) is 19.3 Å². The van der Waals surface area contributed by atoms with E-state index in [1.54, 1.807) is 30.7 Å². The van der Waals surface area contributed by atoms with E-state index in [0.717, 1.165) is 11.3 Å². The molecule has 29 heavy (non-hydrogen) atoms. The van der Waals surface area contributed by atoms with Gasteiger partial charge in [0.2, 0.25) is 15.9 Å². The molecule has 3 rings (SSSR count). The molecule has 154 valence electrons. The second kappa shape index (κ2) is 8.71. The first kappa shape index (κ1) is 20.9. The molecule has 0 bridgehead atoms. The Bertz CT molecular complexity index is 1120. The summed E-state index contributed by atoms with van der Waals surface area (Å²) in [6.07, 6.45) is 0.228. The zero-order valence-corrected chi connectivity index (χ0v) is 17.6. The third kappa shape index (κ3) is 4.63. The van der Waals surface area contributed by atoms with Crippen LogP contribution in [-0.4, -0.2) is 46.7 Å². The summed E-state index contributed by atoms with van der Waals surface area (Å²) in [7, 11) is -3.56. The molecule has 0 unspecified atom stereocenters. The van der Waals surface area contributed by atoms with Crippen LogP contribution < -0.4 is 5.32 Å². The molecule has 8 nitrogen and oxygen atoms in total. The molecule has 0 aliphatic rings. The van der Waals surface area contributed by atoms with Crippen molar-refractivity contribution >= 4 is 32.7 Å². The van der Waals surface area contributed by atoms with E-state index in [-0.39, 0.29) is 17.2 Å². The van der Waals surface area contributed by atoms with E-state index in [2.05, 4.69) is 15.6 Å². The third-order valence-corrected chi connectivity index (χ3v) is 6.73. The van der Waals surface area contributed by atoms with Crippen LogP contribution in [0.3, 0.4) is 0 Å². The number of sulfonamides is 1. The van der Waals surface area contributed by atoms with Crippen LogP contribution in [0.1, 0.15) is 25.8 Å². The van der Waals surface area contributed by atoms with Crippen LogP contribution in [-0.2, 0) is 21.4 Å². The number of amides is 1. The lowest BCUT2D eigenvalue weighted by Gasteiger charge is -2.18. The standard InChI is InChI=1S/C20H25N5O3S/c1-4-24(5-2)29(27,28)17-9-10-19-18(14-17)22-23-25(19)12-11-20(26)21-16-8-6-7-15(3)13-16/h6-10,13-14H,4-5,11-12H2,1-3H3,(H,21,26). The van der Waals surface area contributed by atoms with Gasteiger partial charge in [-0.25, -0.2) is 13.1 Å². The zero-order valence-electron chi connectivity index (χ0n) is 16.8. The molecule has 0 saturated carbocycles. The minimum atomic E-state index is -3.56. The fraction of sp³-hybridized carbons (Fsp3) is 0.350. The molecule has 1 aromatic heterocycles. The lowest BCUT2D eigenvalue weighted by Crippen LogP contribution is -2.30. The van der Waals surface area contributed by atoms with Crippen molar-refractivity contribution in [2.45, 2.75) is 38.6 Å². The molecule has 1 heterocycles. The molecule has 3 aromatic rings. The SMILES string of the molecule is CCN(CC)S(=O)(=O)c1ccc2c(c1)nnn2CCC(=O)Nc1cccc(C)c1. The number of fused-ring (bicyclic) bond motifs is 1. The molecule has 0 aliphatic heterocycles. The molecule has 9 heteroatoms. The minimum Gasteiger partial charge on any atom is -0.326 e. The first-order valence-corrected chi connectivity index (χ1v) is 11.0. The Labute approximate surface area is 170 Å². The van der Waals surface area contributed by atoms with Gasteiger partial charge < -0.3 is 5.32 Å². The fourth-order valence-corrected chi connectivity index (χ4v) is 4.62. The number of benzene rings is 2. The summed E-state index contributed by atoms with van der Waals surface area (Å²) in [5, 5.41) is 11.0. The summed E-state index contributed by atoms with van der Waals surface area (Å²) >= 11 is 0.